The number of para-hydroxylation sites is 2. The zero-order chi connectivity index (χ0) is 57.9. The Labute approximate surface area is 472 Å². The number of aromatic nitrogens is 5. The second-order valence-electron chi connectivity index (χ2n) is 17.1. The fourth-order valence-corrected chi connectivity index (χ4v) is 8.10. The molecule has 1 aliphatic rings. The van der Waals surface area contributed by atoms with E-state index in [4.69, 9.17) is 68.8 Å². The Bertz CT molecular complexity index is 3470. The fraction of sp³-hybridized carbons (Fsp3) is 0.232. The average molecular weight is 1160 g/mol. The first-order valence-corrected chi connectivity index (χ1v) is 25.0. The maximum Gasteiger partial charge on any atom is 0.416 e. The smallest absolute Gasteiger partial charge is 0.416 e. The standard InChI is InChI=1S/C22H17N3O5.C20H19F3N2O4.C14H15Cl2N3OS/c1-27-13-17(22(26)28-2)16-8-4-6-10-19(16)30-21-11-20(24-14-25-21)29-18-9-5-3-7-15(18)12-23;1-13(14-8-6-9-16(11-14)20(21,22)23)24-29-12-15-7-4-5-10-17(15)18(25-28-3)19(26)27-2;15-11-4-2-1-3-10(11)7-14(20,13(16)5-6-13)8-19-12(21)17-9-18-19/h3-11,13-14H,1-2H3;4-11H,12H2,1-3H3;1-4,9,20H,5-8H2,(H,17,18,21)/b17-13+;24-13+,25-18+;. The number of aromatic amines is 1. The van der Waals surface area contributed by atoms with Gasteiger partial charge in [-0.05, 0) is 79.5 Å². The molecule has 0 bridgehead atoms. The van der Waals surface area contributed by atoms with E-state index >= 15 is 0 Å². The molecule has 0 saturated heterocycles. The van der Waals surface area contributed by atoms with Gasteiger partial charge >= 0.3 is 18.1 Å². The van der Waals surface area contributed by atoms with E-state index < -0.39 is 34.2 Å². The number of nitrogens with zero attached hydrogens (tertiary/aromatic N) is 7. The number of H-pyrrole nitrogens is 1. The third kappa shape index (κ3) is 16.2. The Morgan fingerprint density at radius 1 is 0.825 bits per heavy atom. The van der Waals surface area contributed by atoms with Crippen molar-refractivity contribution in [2.45, 2.75) is 56.0 Å². The van der Waals surface area contributed by atoms with Crippen molar-refractivity contribution in [1.82, 2.24) is 24.7 Å². The highest BCUT2D eigenvalue weighted by Crippen LogP contribution is 2.53. The fourth-order valence-electron chi connectivity index (χ4n) is 7.51. The minimum atomic E-state index is -4.44. The predicted octanol–water partition coefficient (Wildman–Crippen LogP) is 11.6. The summed E-state index contributed by atoms with van der Waals surface area (Å²) in [6, 6.07) is 36.2. The Hall–Kier alpha value is -8.62. The summed E-state index contributed by atoms with van der Waals surface area (Å²) in [5.41, 5.74) is 1.48. The van der Waals surface area contributed by atoms with Gasteiger partial charge < -0.3 is 38.5 Å². The molecule has 5 aromatic carbocycles. The Kier molecular flexibility index (Phi) is 21.5. The number of hydrogen-bond acceptors (Lipinski definition) is 17. The first kappa shape index (κ1) is 60.6. The van der Waals surface area contributed by atoms with Crippen LogP contribution in [-0.2, 0) is 59.2 Å². The number of ether oxygens (including phenoxy) is 5. The summed E-state index contributed by atoms with van der Waals surface area (Å²) in [5.74, 6) is -0.172. The number of rotatable bonds is 19. The molecule has 1 atom stereocenters. The van der Waals surface area contributed by atoms with Crippen molar-refractivity contribution >= 4 is 64.4 Å². The van der Waals surface area contributed by atoms with Crippen LogP contribution in [0.3, 0.4) is 0 Å². The molecule has 24 heteroatoms. The van der Waals surface area contributed by atoms with E-state index in [2.05, 4.69) is 36.4 Å². The van der Waals surface area contributed by atoms with Crippen molar-refractivity contribution in [3.8, 4) is 29.3 Å². The van der Waals surface area contributed by atoms with E-state index in [1.54, 1.807) is 77.5 Å². The molecular formula is C56H51Cl2F3N8O10S. The van der Waals surface area contributed by atoms with Crippen LogP contribution >= 0.6 is 35.4 Å². The maximum atomic E-state index is 12.9. The summed E-state index contributed by atoms with van der Waals surface area (Å²) in [4.78, 5) is 45.5. The molecular weight excluding hydrogens is 1100 g/mol. The van der Waals surface area contributed by atoms with Gasteiger partial charge in [-0.25, -0.2) is 24.5 Å². The van der Waals surface area contributed by atoms with Crippen LogP contribution in [-0.4, -0.2) is 92.1 Å². The van der Waals surface area contributed by atoms with Gasteiger partial charge in [-0.2, -0.15) is 18.4 Å². The zero-order valence-electron chi connectivity index (χ0n) is 43.4. The number of hydrogen-bond donors (Lipinski definition) is 2. The highest BCUT2D eigenvalue weighted by molar-refractivity contribution is 7.71. The van der Waals surface area contributed by atoms with Gasteiger partial charge in [0, 0.05) is 28.1 Å². The predicted molar refractivity (Wildman–Crippen MR) is 293 cm³/mol. The van der Waals surface area contributed by atoms with E-state index in [1.807, 2.05) is 24.3 Å². The minimum Gasteiger partial charge on any atom is -0.503 e. The molecule has 7 aromatic rings. The quantitative estimate of drug-likeness (QED) is 0.0146. The first-order valence-electron chi connectivity index (χ1n) is 23.8. The van der Waals surface area contributed by atoms with Crippen molar-refractivity contribution in [2.75, 3.05) is 28.4 Å². The van der Waals surface area contributed by atoms with E-state index in [0.717, 1.165) is 30.5 Å². The number of carbonyl (C=O) groups excluding carboxylic acids is 2. The van der Waals surface area contributed by atoms with Gasteiger partial charge in [0.15, 0.2) is 5.71 Å². The van der Waals surface area contributed by atoms with Crippen molar-refractivity contribution in [3.63, 3.8) is 0 Å². The highest BCUT2D eigenvalue weighted by Gasteiger charge is 2.58. The number of nitriles is 1. The van der Waals surface area contributed by atoms with Gasteiger partial charge in [0.2, 0.25) is 16.5 Å². The monoisotopic (exact) mass is 1150 g/mol. The molecule has 80 heavy (non-hydrogen) atoms. The van der Waals surface area contributed by atoms with Gasteiger partial charge in [-0.15, -0.1) is 11.6 Å². The average Bonchev–Trinajstić information content (AvgIpc) is 4.29. The van der Waals surface area contributed by atoms with Crippen LogP contribution in [0.2, 0.25) is 5.02 Å². The van der Waals surface area contributed by atoms with Crippen LogP contribution in [0, 0.1) is 16.1 Å². The zero-order valence-corrected chi connectivity index (χ0v) is 45.8. The van der Waals surface area contributed by atoms with Gasteiger partial charge in [-0.3, -0.25) is 9.78 Å². The second kappa shape index (κ2) is 28.3. The van der Waals surface area contributed by atoms with Crippen molar-refractivity contribution < 1.29 is 61.2 Å². The molecule has 0 radical (unpaired) electrons. The summed E-state index contributed by atoms with van der Waals surface area (Å²) in [6.45, 7) is 1.75. The van der Waals surface area contributed by atoms with E-state index in [-0.39, 0.29) is 47.5 Å². The molecule has 1 aliphatic carbocycles. The lowest BCUT2D eigenvalue weighted by molar-refractivity contribution is -0.137. The summed E-state index contributed by atoms with van der Waals surface area (Å²) in [7, 11) is 5.22. The number of carbonyl (C=O) groups is 2. The van der Waals surface area contributed by atoms with Crippen molar-refractivity contribution in [2.24, 2.45) is 10.3 Å². The number of halogens is 5. The van der Waals surface area contributed by atoms with Crippen LogP contribution in [0.5, 0.6) is 23.3 Å². The molecule has 2 heterocycles. The third-order valence-corrected chi connectivity index (χ3v) is 13.2. The van der Waals surface area contributed by atoms with E-state index in [0.29, 0.717) is 50.0 Å². The minimum absolute atomic E-state index is 0.0484. The molecule has 1 fully saturated rings. The number of oxime groups is 2. The molecule has 1 saturated carbocycles. The summed E-state index contributed by atoms with van der Waals surface area (Å²) in [6.07, 6.45) is 1.54. The summed E-state index contributed by atoms with van der Waals surface area (Å²) < 4.78 is 66.7. The number of esters is 2. The largest absolute Gasteiger partial charge is 0.503 e. The lowest BCUT2D eigenvalue weighted by atomic mass is 9.89. The molecule has 2 N–H and O–H groups in total. The number of methoxy groups -OCH3 is 3. The molecule has 1 unspecified atom stereocenters. The van der Waals surface area contributed by atoms with Gasteiger partial charge in [0.1, 0.15) is 55.1 Å². The highest BCUT2D eigenvalue weighted by atomic mass is 35.5. The molecule has 416 valence electrons. The maximum absolute atomic E-state index is 12.9. The Morgan fingerprint density at radius 3 is 2.06 bits per heavy atom. The lowest BCUT2D eigenvalue weighted by Crippen LogP contribution is -2.47. The SMILES string of the molecule is CO/C=C(/C(=O)OC)c1ccccc1Oc1cc(Oc2ccccc2C#N)ncn1.CO/N=C(/C(=O)OC)c1ccccc1CO/N=C(\C)c1cccc(C(F)(F)F)c1.OC(Cc1ccccc1Cl)(Cn1[nH]cnc1=S)C1(Cl)CC1. The van der Waals surface area contributed by atoms with Crippen LogP contribution in [0.15, 0.2) is 157 Å². The lowest BCUT2D eigenvalue weighted by Gasteiger charge is -2.33. The number of benzene rings is 5. The molecule has 0 aliphatic heterocycles. The topological polar surface area (TPSA) is 227 Å². The third-order valence-electron chi connectivity index (χ3n) is 11.7. The summed E-state index contributed by atoms with van der Waals surface area (Å²) >= 11 is 17.9. The molecule has 0 amide bonds. The Morgan fingerprint density at radius 2 is 1.45 bits per heavy atom. The van der Waals surface area contributed by atoms with E-state index in [9.17, 15) is 33.1 Å². The van der Waals surface area contributed by atoms with Gasteiger partial charge in [-0.1, -0.05) is 107 Å². The molecule has 8 rings (SSSR count). The van der Waals surface area contributed by atoms with Gasteiger partial charge in [0.05, 0.1) is 61.9 Å². The van der Waals surface area contributed by atoms with Crippen LogP contribution in [0.1, 0.15) is 58.7 Å². The van der Waals surface area contributed by atoms with Crippen LogP contribution in [0.25, 0.3) is 5.57 Å². The van der Waals surface area contributed by atoms with Gasteiger partial charge in [0.25, 0.3) is 0 Å². The second-order valence-corrected chi connectivity index (χ2v) is 18.6. The molecule has 0 spiro atoms. The first-order chi connectivity index (χ1) is 38.4. The van der Waals surface area contributed by atoms with Crippen molar-refractivity contribution in [1.29, 1.82) is 5.26 Å². The Balaban J connectivity index is 0.000000196. The summed E-state index contributed by atoms with van der Waals surface area (Å²) in [5, 5.41) is 31.5. The number of aliphatic hydroxyl groups is 1. The normalized spacial score (nSPS) is 13.6. The molecule has 2 aromatic heterocycles. The number of nitrogens with one attached hydrogen (secondary N) is 1. The van der Waals surface area contributed by atoms with E-state index in [1.165, 1.54) is 72.5 Å². The molecule has 18 nitrogen and oxygen atoms in total. The number of alkyl halides is 4. The van der Waals surface area contributed by atoms with Crippen LogP contribution < -0.4 is 9.47 Å². The van der Waals surface area contributed by atoms with Crippen LogP contribution in [0.4, 0.5) is 13.2 Å². The van der Waals surface area contributed by atoms with Crippen molar-refractivity contribution in [3.05, 3.63) is 195 Å².